The molecule has 0 radical (unpaired) electrons. The third-order valence-electron chi connectivity index (χ3n) is 2.56. The van der Waals surface area contributed by atoms with Crippen molar-refractivity contribution in [2.75, 3.05) is 6.54 Å². The average Bonchev–Trinajstić information content (AvgIpc) is 2.86. The highest BCUT2D eigenvalue weighted by atomic mass is 32.1. The molecule has 0 aliphatic carbocycles. The summed E-state index contributed by atoms with van der Waals surface area (Å²) in [6, 6.07) is 10.4. The average molecular weight is 291 g/mol. The molecule has 0 fully saturated rings. The number of nitrogens with one attached hydrogen (secondary N) is 2. The van der Waals surface area contributed by atoms with Crippen LogP contribution in [0.4, 0.5) is 0 Å². The largest absolute Gasteiger partial charge is 0.363 e. The van der Waals surface area contributed by atoms with Gasteiger partial charge in [-0.2, -0.15) is 0 Å². The molecule has 0 aliphatic rings. The number of hydrogen-bond donors (Lipinski definition) is 2. The normalized spacial score (nSPS) is 10.2. The van der Waals surface area contributed by atoms with Gasteiger partial charge in [-0.3, -0.25) is 0 Å². The van der Waals surface area contributed by atoms with Crippen LogP contribution in [0, 0.1) is 0 Å². The van der Waals surface area contributed by atoms with E-state index in [-0.39, 0.29) is 0 Å². The van der Waals surface area contributed by atoms with E-state index in [1.165, 1.54) is 5.56 Å². The van der Waals surface area contributed by atoms with Gasteiger partial charge >= 0.3 is 0 Å². The fourth-order valence-corrected chi connectivity index (χ4v) is 2.72. The van der Waals surface area contributed by atoms with Gasteiger partial charge < -0.3 is 10.6 Å². The third kappa shape index (κ3) is 4.61. The maximum atomic E-state index is 5.12. The number of hydrogen-bond acceptors (Lipinski definition) is 3. The summed E-state index contributed by atoms with van der Waals surface area (Å²) in [4.78, 5) is 4.61. The summed E-state index contributed by atoms with van der Waals surface area (Å²) in [5, 5.41) is 10.1. The number of rotatable bonds is 5. The summed E-state index contributed by atoms with van der Waals surface area (Å²) in [5.41, 5.74) is 2.33. The van der Waals surface area contributed by atoms with E-state index in [2.05, 4.69) is 45.3 Å². The molecule has 0 saturated heterocycles. The van der Waals surface area contributed by atoms with Crippen molar-refractivity contribution in [2.45, 2.75) is 19.9 Å². The molecule has 2 rings (SSSR count). The zero-order valence-corrected chi connectivity index (χ0v) is 12.5. The Morgan fingerprint density at radius 2 is 2.05 bits per heavy atom. The molecule has 1 aromatic heterocycles. The maximum Gasteiger partial charge on any atom is 0.166 e. The second kappa shape index (κ2) is 7.21. The summed E-state index contributed by atoms with van der Waals surface area (Å²) in [6.07, 6.45) is 0.892. The zero-order valence-electron chi connectivity index (χ0n) is 10.8. The standard InChI is InChI=1S/C14H17N3S2/c1-2-15-14(18)16-9-12-10-19-13(17-12)8-11-6-4-3-5-7-11/h3-7,10H,2,8-9H2,1H3,(H2,15,16,18). The van der Waals surface area contributed by atoms with Crippen LogP contribution in [0.3, 0.4) is 0 Å². The lowest BCUT2D eigenvalue weighted by Gasteiger charge is -2.06. The summed E-state index contributed by atoms with van der Waals surface area (Å²) in [5.74, 6) is 0. The molecule has 5 heteroatoms. The number of thiocarbonyl (C=S) groups is 1. The van der Waals surface area contributed by atoms with Crippen LogP contribution in [0.1, 0.15) is 23.2 Å². The molecular formula is C14H17N3S2. The summed E-state index contributed by atoms with van der Waals surface area (Å²) < 4.78 is 0. The molecule has 0 unspecified atom stereocenters. The van der Waals surface area contributed by atoms with Crippen molar-refractivity contribution in [2.24, 2.45) is 0 Å². The summed E-state index contributed by atoms with van der Waals surface area (Å²) >= 11 is 6.81. The SMILES string of the molecule is CCNC(=S)NCc1csc(Cc2ccccc2)n1. The first-order valence-electron chi connectivity index (χ1n) is 6.27. The lowest BCUT2D eigenvalue weighted by atomic mass is 10.2. The van der Waals surface area contributed by atoms with Crippen LogP contribution in [0.25, 0.3) is 0 Å². The Morgan fingerprint density at radius 1 is 1.26 bits per heavy atom. The van der Waals surface area contributed by atoms with E-state index in [9.17, 15) is 0 Å². The maximum absolute atomic E-state index is 5.12. The Hall–Kier alpha value is -1.46. The van der Waals surface area contributed by atoms with E-state index in [0.29, 0.717) is 11.7 Å². The Bertz CT molecular complexity index is 522. The van der Waals surface area contributed by atoms with Gasteiger partial charge in [0.15, 0.2) is 5.11 Å². The van der Waals surface area contributed by atoms with Crippen LogP contribution < -0.4 is 10.6 Å². The first-order chi connectivity index (χ1) is 9.28. The van der Waals surface area contributed by atoms with Crippen LogP contribution >= 0.6 is 23.6 Å². The third-order valence-corrected chi connectivity index (χ3v) is 3.75. The number of aromatic nitrogens is 1. The Labute approximate surface area is 123 Å². The number of benzene rings is 1. The van der Waals surface area contributed by atoms with E-state index >= 15 is 0 Å². The fourth-order valence-electron chi connectivity index (χ4n) is 1.68. The molecule has 1 heterocycles. The first kappa shape index (κ1) is 14.0. The topological polar surface area (TPSA) is 37.0 Å². The molecule has 0 atom stereocenters. The van der Waals surface area contributed by atoms with Gasteiger partial charge in [-0.15, -0.1) is 11.3 Å². The quantitative estimate of drug-likeness (QED) is 0.831. The minimum Gasteiger partial charge on any atom is -0.363 e. The molecule has 3 nitrogen and oxygen atoms in total. The van der Waals surface area contributed by atoms with Crippen molar-refractivity contribution in [1.29, 1.82) is 0 Å². The van der Waals surface area contributed by atoms with Gasteiger partial charge in [-0.25, -0.2) is 4.98 Å². The molecule has 100 valence electrons. The minimum atomic E-state index is 0.678. The highest BCUT2D eigenvalue weighted by Crippen LogP contribution is 2.14. The molecule has 1 aromatic carbocycles. The molecule has 0 amide bonds. The van der Waals surface area contributed by atoms with E-state index in [1.807, 2.05) is 13.0 Å². The highest BCUT2D eigenvalue weighted by Gasteiger charge is 2.03. The number of thiazole rings is 1. The predicted octanol–water partition coefficient (Wildman–Crippen LogP) is 2.72. The van der Waals surface area contributed by atoms with E-state index in [1.54, 1.807) is 11.3 Å². The molecule has 19 heavy (non-hydrogen) atoms. The first-order valence-corrected chi connectivity index (χ1v) is 7.55. The van der Waals surface area contributed by atoms with E-state index in [4.69, 9.17) is 12.2 Å². The molecule has 0 saturated carbocycles. The van der Waals surface area contributed by atoms with Crippen molar-refractivity contribution < 1.29 is 0 Å². The minimum absolute atomic E-state index is 0.678. The highest BCUT2D eigenvalue weighted by molar-refractivity contribution is 7.80. The molecule has 0 spiro atoms. The van der Waals surface area contributed by atoms with E-state index < -0.39 is 0 Å². The molecule has 2 N–H and O–H groups in total. The molecule has 0 aliphatic heterocycles. The molecule has 0 bridgehead atoms. The smallest absolute Gasteiger partial charge is 0.166 e. The van der Waals surface area contributed by atoms with Crippen molar-refractivity contribution in [3.05, 3.63) is 52.0 Å². The van der Waals surface area contributed by atoms with Crippen LogP contribution in [0.2, 0.25) is 0 Å². The molecular weight excluding hydrogens is 274 g/mol. The lowest BCUT2D eigenvalue weighted by Crippen LogP contribution is -2.34. The zero-order chi connectivity index (χ0) is 13.5. The second-order valence-corrected chi connectivity index (χ2v) is 5.46. The molecule has 2 aromatic rings. The lowest BCUT2D eigenvalue weighted by molar-refractivity contribution is 0.833. The summed E-state index contributed by atoms with van der Waals surface area (Å²) in [6.45, 7) is 3.54. The van der Waals surface area contributed by atoms with Crippen LogP contribution in [0.15, 0.2) is 35.7 Å². The Kier molecular flexibility index (Phi) is 5.30. The van der Waals surface area contributed by atoms with Gasteiger partial charge in [0.25, 0.3) is 0 Å². The van der Waals surface area contributed by atoms with Crippen LogP contribution in [-0.2, 0) is 13.0 Å². The summed E-state index contributed by atoms with van der Waals surface area (Å²) in [7, 11) is 0. The van der Waals surface area contributed by atoms with E-state index in [0.717, 1.165) is 23.7 Å². The van der Waals surface area contributed by atoms with Gasteiger partial charge in [-0.05, 0) is 24.7 Å². The van der Waals surface area contributed by atoms with Gasteiger partial charge in [0.05, 0.1) is 17.2 Å². The van der Waals surface area contributed by atoms with Crippen molar-refractivity contribution in [3.8, 4) is 0 Å². The Balaban J connectivity index is 1.87. The predicted molar refractivity (Wildman–Crippen MR) is 84.5 cm³/mol. The second-order valence-electron chi connectivity index (χ2n) is 4.11. The van der Waals surface area contributed by atoms with Gasteiger partial charge in [0.1, 0.15) is 0 Å². The van der Waals surface area contributed by atoms with Crippen LogP contribution in [-0.4, -0.2) is 16.6 Å². The van der Waals surface area contributed by atoms with Crippen molar-refractivity contribution >= 4 is 28.7 Å². The Morgan fingerprint density at radius 3 is 2.79 bits per heavy atom. The van der Waals surface area contributed by atoms with Gasteiger partial charge in [-0.1, -0.05) is 30.3 Å². The van der Waals surface area contributed by atoms with Crippen molar-refractivity contribution in [1.82, 2.24) is 15.6 Å². The van der Waals surface area contributed by atoms with Crippen LogP contribution in [0.5, 0.6) is 0 Å². The van der Waals surface area contributed by atoms with Crippen molar-refractivity contribution in [3.63, 3.8) is 0 Å². The number of nitrogens with zero attached hydrogens (tertiary/aromatic N) is 1. The monoisotopic (exact) mass is 291 g/mol. The fraction of sp³-hybridized carbons (Fsp3) is 0.286. The van der Waals surface area contributed by atoms with Gasteiger partial charge in [0.2, 0.25) is 0 Å². The van der Waals surface area contributed by atoms with Gasteiger partial charge in [0, 0.05) is 18.3 Å².